The smallest absolute Gasteiger partial charge is 0.122 e. The third-order valence-corrected chi connectivity index (χ3v) is 4.51. The summed E-state index contributed by atoms with van der Waals surface area (Å²) in [4.78, 5) is 4.13. The SMILES string of the molecule is CC/C(=C\c1ccc(OC)c2c1CCCC2)Cn1ccnc1. The quantitative estimate of drug-likeness (QED) is 0.824. The van der Waals surface area contributed by atoms with Gasteiger partial charge in [0.25, 0.3) is 0 Å². The normalized spacial score (nSPS) is 14.7. The lowest BCUT2D eigenvalue weighted by Crippen LogP contribution is -2.07. The average molecular weight is 296 g/mol. The van der Waals surface area contributed by atoms with E-state index in [1.54, 1.807) is 7.11 Å². The van der Waals surface area contributed by atoms with Gasteiger partial charge in [-0.15, -0.1) is 0 Å². The van der Waals surface area contributed by atoms with E-state index in [1.807, 2.05) is 18.7 Å². The van der Waals surface area contributed by atoms with Crippen molar-refractivity contribution in [1.82, 2.24) is 9.55 Å². The van der Waals surface area contributed by atoms with Crippen LogP contribution in [0.4, 0.5) is 0 Å². The highest BCUT2D eigenvalue weighted by atomic mass is 16.5. The van der Waals surface area contributed by atoms with E-state index >= 15 is 0 Å². The van der Waals surface area contributed by atoms with Gasteiger partial charge in [-0.2, -0.15) is 0 Å². The number of hydrogen-bond acceptors (Lipinski definition) is 2. The molecule has 3 nitrogen and oxygen atoms in total. The van der Waals surface area contributed by atoms with E-state index < -0.39 is 0 Å². The number of nitrogens with zero attached hydrogens (tertiary/aromatic N) is 2. The molecule has 1 heterocycles. The minimum Gasteiger partial charge on any atom is -0.496 e. The molecule has 1 aliphatic rings. The summed E-state index contributed by atoms with van der Waals surface area (Å²) in [6.45, 7) is 3.13. The first kappa shape index (κ1) is 14.9. The summed E-state index contributed by atoms with van der Waals surface area (Å²) in [7, 11) is 1.77. The summed E-state index contributed by atoms with van der Waals surface area (Å²) in [6.07, 6.45) is 14.0. The summed E-state index contributed by atoms with van der Waals surface area (Å²) >= 11 is 0. The van der Waals surface area contributed by atoms with Crippen molar-refractivity contribution in [1.29, 1.82) is 0 Å². The summed E-state index contributed by atoms with van der Waals surface area (Å²) in [6, 6.07) is 4.34. The zero-order valence-corrected chi connectivity index (χ0v) is 13.5. The highest BCUT2D eigenvalue weighted by Gasteiger charge is 2.16. The van der Waals surface area contributed by atoms with Crippen LogP contribution in [0.1, 0.15) is 42.9 Å². The monoisotopic (exact) mass is 296 g/mol. The maximum absolute atomic E-state index is 5.55. The van der Waals surface area contributed by atoms with Gasteiger partial charge in [-0.3, -0.25) is 0 Å². The van der Waals surface area contributed by atoms with Gasteiger partial charge in [0, 0.05) is 18.9 Å². The molecule has 0 unspecified atom stereocenters. The number of rotatable bonds is 5. The molecule has 0 amide bonds. The number of imidazole rings is 1. The van der Waals surface area contributed by atoms with Crippen LogP contribution in [0.2, 0.25) is 0 Å². The number of methoxy groups -OCH3 is 1. The molecule has 0 aliphatic heterocycles. The van der Waals surface area contributed by atoms with Crippen molar-refractivity contribution in [2.24, 2.45) is 0 Å². The van der Waals surface area contributed by atoms with Crippen LogP contribution in [-0.2, 0) is 19.4 Å². The first-order valence-corrected chi connectivity index (χ1v) is 8.15. The highest BCUT2D eigenvalue weighted by molar-refractivity contribution is 5.62. The molecule has 0 spiro atoms. The number of ether oxygens (including phenoxy) is 1. The fraction of sp³-hybridized carbons (Fsp3) is 0.421. The Morgan fingerprint density at radius 2 is 2.09 bits per heavy atom. The van der Waals surface area contributed by atoms with Crippen LogP contribution in [0.3, 0.4) is 0 Å². The van der Waals surface area contributed by atoms with Gasteiger partial charge in [-0.1, -0.05) is 24.6 Å². The Hall–Kier alpha value is -2.03. The molecule has 0 fully saturated rings. The zero-order chi connectivity index (χ0) is 15.4. The molecule has 0 bridgehead atoms. The number of aromatic nitrogens is 2. The highest BCUT2D eigenvalue weighted by Crippen LogP contribution is 2.33. The molecule has 116 valence electrons. The minimum absolute atomic E-state index is 0.914. The van der Waals surface area contributed by atoms with Crippen LogP contribution in [0.5, 0.6) is 5.75 Å². The predicted molar refractivity (Wildman–Crippen MR) is 90.1 cm³/mol. The molecule has 22 heavy (non-hydrogen) atoms. The summed E-state index contributed by atoms with van der Waals surface area (Å²) in [5.41, 5.74) is 5.70. The standard InChI is InChI=1S/C19H24N2O/c1-3-15(13-21-11-10-20-14-21)12-16-8-9-19(22-2)18-7-5-4-6-17(16)18/h8-12,14H,3-7,13H2,1-2H3/b15-12+. The maximum atomic E-state index is 5.55. The van der Waals surface area contributed by atoms with Gasteiger partial charge in [0.1, 0.15) is 5.75 Å². The fourth-order valence-electron chi connectivity index (χ4n) is 3.28. The molecule has 0 atom stereocenters. The maximum Gasteiger partial charge on any atom is 0.122 e. The van der Waals surface area contributed by atoms with Crippen molar-refractivity contribution in [3.63, 3.8) is 0 Å². The van der Waals surface area contributed by atoms with Crippen LogP contribution in [0, 0.1) is 0 Å². The Bertz CT molecular complexity index is 656. The third kappa shape index (κ3) is 3.08. The Balaban J connectivity index is 1.94. The van der Waals surface area contributed by atoms with Crippen molar-refractivity contribution in [2.75, 3.05) is 7.11 Å². The van der Waals surface area contributed by atoms with Crippen LogP contribution in [-0.4, -0.2) is 16.7 Å². The summed E-state index contributed by atoms with van der Waals surface area (Å²) in [5, 5.41) is 0. The van der Waals surface area contributed by atoms with E-state index in [0.717, 1.165) is 25.1 Å². The average Bonchev–Trinajstić information content (AvgIpc) is 3.07. The largest absolute Gasteiger partial charge is 0.496 e. The third-order valence-electron chi connectivity index (χ3n) is 4.51. The number of allylic oxidation sites excluding steroid dienone is 1. The van der Waals surface area contributed by atoms with Gasteiger partial charge >= 0.3 is 0 Å². The van der Waals surface area contributed by atoms with E-state index in [0.29, 0.717) is 0 Å². The van der Waals surface area contributed by atoms with Crippen LogP contribution >= 0.6 is 0 Å². The zero-order valence-electron chi connectivity index (χ0n) is 13.5. The molecule has 0 N–H and O–H groups in total. The van der Waals surface area contributed by atoms with Gasteiger partial charge < -0.3 is 9.30 Å². The molecular weight excluding hydrogens is 272 g/mol. The fourth-order valence-corrected chi connectivity index (χ4v) is 3.28. The first-order chi connectivity index (χ1) is 10.8. The molecule has 0 saturated carbocycles. The Labute approximate surface area is 132 Å². The van der Waals surface area contributed by atoms with Gasteiger partial charge in [-0.05, 0) is 54.9 Å². The van der Waals surface area contributed by atoms with Gasteiger partial charge in [0.15, 0.2) is 0 Å². The molecule has 1 aromatic heterocycles. The Morgan fingerprint density at radius 1 is 1.27 bits per heavy atom. The Kier molecular flexibility index (Phi) is 4.62. The molecule has 0 radical (unpaired) electrons. The number of benzene rings is 1. The minimum atomic E-state index is 0.914. The van der Waals surface area contributed by atoms with Crippen molar-refractivity contribution < 1.29 is 4.74 Å². The van der Waals surface area contributed by atoms with Gasteiger partial charge in [-0.25, -0.2) is 4.98 Å². The molecule has 0 saturated heterocycles. The molecule has 3 rings (SSSR count). The number of fused-ring (bicyclic) bond motifs is 1. The van der Waals surface area contributed by atoms with Crippen molar-refractivity contribution in [3.8, 4) is 5.75 Å². The topological polar surface area (TPSA) is 27.1 Å². The predicted octanol–water partition coefficient (Wildman–Crippen LogP) is 4.26. The van der Waals surface area contributed by atoms with E-state index in [4.69, 9.17) is 4.74 Å². The van der Waals surface area contributed by atoms with E-state index in [9.17, 15) is 0 Å². The van der Waals surface area contributed by atoms with E-state index in [-0.39, 0.29) is 0 Å². The van der Waals surface area contributed by atoms with Crippen LogP contribution < -0.4 is 4.74 Å². The lowest BCUT2D eigenvalue weighted by molar-refractivity contribution is 0.406. The molecule has 2 aromatic rings. The lowest BCUT2D eigenvalue weighted by atomic mass is 9.87. The van der Waals surface area contributed by atoms with Crippen molar-refractivity contribution in [3.05, 3.63) is 53.1 Å². The molecular formula is C19H24N2O. The van der Waals surface area contributed by atoms with E-state index in [1.165, 1.54) is 41.5 Å². The summed E-state index contributed by atoms with van der Waals surface area (Å²) < 4.78 is 7.68. The second kappa shape index (κ2) is 6.82. The van der Waals surface area contributed by atoms with Crippen molar-refractivity contribution in [2.45, 2.75) is 45.6 Å². The molecule has 3 heteroatoms. The summed E-state index contributed by atoms with van der Waals surface area (Å²) in [5.74, 6) is 1.06. The van der Waals surface area contributed by atoms with Crippen LogP contribution in [0.15, 0.2) is 36.4 Å². The Morgan fingerprint density at radius 3 is 2.77 bits per heavy atom. The second-order valence-corrected chi connectivity index (χ2v) is 5.91. The van der Waals surface area contributed by atoms with E-state index in [2.05, 4.69) is 34.7 Å². The second-order valence-electron chi connectivity index (χ2n) is 5.91. The number of hydrogen-bond donors (Lipinski definition) is 0. The first-order valence-electron chi connectivity index (χ1n) is 8.15. The lowest BCUT2D eigenvalue weighted by Gasteiger charge is -2.21. The molecule has 1 aliphatic carbocycles. The van der Waals surface area contributed by atoms with Crippen molar-refractivity contribution >= 4 is 6.08 Å². The van der Waals surface area contributed by atoms with Crippen LogP contribution in [0.25, 0.3) is 6.08 Å². The van der Waals surface area contributed by atoms with Gasteiger partial charge in [0.05, 0.1) is 13.4 Å². The van der Waals surface area contributed by atoms with Gasteiger partial charge in [0.2, 0.25) is 0 Å². The molecule has 1 aromatic carbocycles.